The molecule has 7 nitrogen and oxygen atoms in total. The van der Waals surface area contributed by atoms with E-state index in [2.05, 4.69) is 10.5 Å². The van der Waals surface area contributed by atoms with Crippen molar-refractivity contribution >= 4 is 11.7 Å². The molecule has 1 atom stereocenters. The molecule has 0 aliphatic carbocycles. The lowest BCUT2D eigenvalue weighted by Crippen LogP contribution is -2.44. The average molecular weight is 294 g/mol. The normalized spacial score (nSPS) is 13.2. The van der Waals surface area contributed by atoms with Crippen LogP contribution < -0.4 is 21.5 Å². The van der Waals surface area contributed by atoms with Crippen LogP contribution in [0.1, 0.15) is 25.0 Å². The molecular formula is C14H22N4O3. The van der Waals surface area contributed by atoms with Crippen LogP contribution in [0.25, 0.3) is 0 Å². The summed E-state index contributed by atoms with van der Waals surface area (Å²) < 4.78 is 5.16. The molecule has 0 fully saturated rings. The van der Waals surface area contributed by atoms with E-state index in [4.69, 9.17) is 21.4 Å². The lowest BCUT2D eigenvalue weighted by atomic mass is 10.0. The van der Waals surface area contributed by atoms with E-state index in [0.717, 1.165) is 5.56 Å². The summed E-state index contributed by atoms with van der Waals surface area (Å²) >= 11 is 0. The number of amides is 1. The smallest absolute Gasteiger partial charge is 0.234 e. The van der Waals surface area contributed by atoms with Crippen LogP contribution in [0.15, 0.2) is 23.4 Å². The topological polar surface area (TPSA) is 123 Å². The summed E-state index contributed by atoms with van der Waals surface area (Å²) in [7, 11) is 1.50. The molecular weight excluding hydrogens is 272 g/mol. The summed E-state index contributed by atoms with van der Waals surface area (Å²) in [5, 5.41) is 14.9. The Morgan fingerprint density at radius 3 is 2.57 bits per heavy atom. The molecule has 7 heteroatoms. The third-order valence-electron chi connectivity index (χ3n) is 3.15. The molecule has 0 aliphatic rings. The van der Waals surface area contributed by atoms with Gasteiger partial charge in [0.1, 0.15) is 5.75 Å². The van der Waals surface area contributed by atoms with Crippen LogP contribution in [-0.2, 0) is 11.3 Å². The Hall–Kier alpha value is -2.28. The predicted molar refractivity (Wildman–Crippen MR) is 80.2 cm³/mol. The summed E-state index contributed by atoms with van der Waals surface area (Å²) in [6.45, 7) is 4.26. The molecule has 0 spiro atoms. The van der Waals surface area contributed by atoms with Gasteiger partial charge in [0, 0.05) is 6.54 Å². The Morgan fingerprint density at radius 1 is 1.43 bits per heavy atom. The number of oxime groups is 1. The van der Waals surface area contributed by atoms with E-state index >= 15 is 0 Å². The highest BCUT2D eigenvalue weighted by molar-refractivity contribution is 5.99. The number of primary amides is 1. The summed E-state index contributed by atoms with van der Waals surface area (Å²) in [6.07, 6.45) is 0. The number of ether oxygens (including phenoxy) is 1. The van der Waals surface area contributed by atoms with Gasteiger partial charge in [-0.05, 0) is 23.6 Å². The molecule has 0 saturated carbocycles. The number of nitrogens with zero attached hydrogens (tertiary/aromatic N) is 1. The van der Waals surface area contributed by atoms with Crippen LogP contribution in [0, 0.1) is 5.92 Å². The van der Waals surface area contributed by atoms with Crippen molar-refractivity contribution in [2.45, 2.75) is 26.4 Å². The van der Waals surface area contributed by atoms with E-state index in [-0.39, 0.29) is 11.8 Å². The molecule has 1 rings (SSSR count). The van der Waals surface area contributed by atoms with Crippen molar-refractivity contribution in [3.8, 4) is 5.75 Å². The lowest BCUT2D eigenvalue weighted by Gasteiger charge is -2.19. The molecule has 0 bridgehead atoms. The largest absolute Gasteiger partial charge is 0.496 e. The second-order valence-corrected chi connectivity index (χ2v) is 5.02. The van der Waals surface area contributed by atoms with Crippen molar-refractivity contribution in [1.29, 1.82) is 0 Å². The maximum Gasteiger partial charge on any atom is 0.234 e. The monoisotopic (exact) mass is 294 g/mol. The van der Waals surface area contributed by atoms with Gasteiger partial charge >= 0.3 is 0 Å². The van der Waals surface area contributed by atoms with Crippen LogP contribution in [0.4, 0.5) is 0 Å². The van der Waals surface area contributed by atoms with E-state index in [1.807, 2.05) is 19.9 Å². The van der Waals surface area contributed by atoms with E-state index in [9.17, 15) is 4.79 Å². The minimum Gasteiger partial charge on any atom is -0.496 e. The molecule has 1 unspecified atom stereocenters. The summed E-state index contributed by atoms with van der Waals surface area (Å²) in [5.74, 6) is 0.160. The Bertz CT molecular complexity index is 529. The zero-order valence-electron chi connectivity index (χ0n) is 12.5. The first-order valence-electron chi connectivity index (χ1n) is 6.58. The third kappa shape index (κ3) is 4.35. The molecule has 0 aromatic heterocycles. The fraction of sp³-hybridized carbons (Fsp3) is 0.429. The molecule has 116 valence electrons. The number of hydrogen-bond donors (Lipinski definition) is 4. The summed E-state index contributed by atoms with van der Waals surface area (Å²) in [5.41, 5.74) is 12.3. The molecule has 1 aromatic carbocycles. The van der Waals surface area contributed by atoms with Crippen LogP contribution in [-0.4, -0.2) is 30.1 Å². The van der Waals surface area contributed by atoms with Crippen molar-refractivity contribution in [2.24, 2.45) is 22.5 Å². The highest BCUT2D eigenvalue weighted by atomic mass is 16.5. The molecule has 0 heterocycles. The standard InChI is InChI=1S/C14H22N4O3/c1-8(2)12(14(16)19)17-7-9-4-5-11(21-3)10(6-9)13(15)18-20/h4-6,8,12,17,20H,7H2,1-3H3,(H2,15,18)(H2,16,19). The van der Waals surface area contributed by atoms with E-state index in [1.54, 1.807) is 12.1 Å². The van der Waals surface area contributed by atoms with Crippen LogP contribution in [0.5, 0.6) is 5.75 Å². The fourth-order valence-electron chi connectivity index (χ4n) is 2.01. The number of carbonyl (C=O) groups is 1. The van der Waals surface area contributed by atoms with Gasteiger partial charge < -0.3 is 26.7 Å². The minimum absolute atomic E-state index is 0.0380. The van der Waals surface area contributed by atoms with Gasteiger partial charge in [0.2, 0.25) is 5.91 Å². The zero-order chi connectivity index (χ0) is 16.0. The van der Waals surface area contributed by atoms with Crippen LogP contribution in [0.2, 0.25) is 0 Å². The molecule has 0 saturated heterocycles. The third-order valence-corrected chi connectivity index (χ3v) is 3.15. The lowest BCUT2D eigenvalue weighted by molar-refractivity contribution is -0.121. The highest BCUT2D eigenvalue weighted by Crippen LogP contribution is 2.20. The van der Waals surface area contributed by atoms with Gasteiger partial charge in [-0.2, -0.15) is 0 Å². The Labute approximate surface area is 123 Å². The van der Waals surface area contributed by atoms with Gasteiger partial charge in [-0.15, -0.1) is 0 Å². The molecule has 1 amide bonds. The van der Waals surface area contributed by atoms with Gasteiger partial charge in [-0.25, -0.2) is 0 Å². The number of rotatable bonds is 7. The maximum atomic E-state index is 11.4. The Kier molecular flexibility index (Phi) is 5.98. The summed E-state index contributed by atoms with van der Waals surface area (Å²) in [6, 6.07) is 4.87. The van der Waals surface area contributed by atoms with Crippen molar-refractivity contribution < 1.29 is 14.7 Å². The number of nitrogens with one attached hydrogen (secondary N) is 1. The summed E-state index contributed by atoms with van der Waals surface area (Å²) in [4.78, 5) is 11.4. The fourth-order valence-corrected chi connectivity index (χ4v) is 2.01. The van der Waals surface area contributed by atoms with E-state index < -0.39 is 11.9 Å². The van der Waals surface area contributed by atoms with E-state index in [1.165, 1.54) is 7.11 Å². The van der Waals surface area contributed by atoms with Crippen molar-refractivity contribution in [2.75, 3.05) is 7.11 Å². The van der Waals surface area contributed by atoms with Gasteiger partial charge in [-0.3, -0.25) is 4.79 Å². The first-order chi connectivity index (χ1) is 9.90. The molecule has 0 aliphatic heterocycles. The average Bonchev–Trinajstić information content (AvgIpc) is 2.45. The number of hydrogen-bond acceptors (Lipinski definition) is 5. The van der Waals surface area contributed by atoms with Gasteiger partial charge in [0.05, 0.1) is 18.7 Å². The molecule has 21 heavy (non-hydrogen) atoms. The quantitative estimate of drug-likeness (QED) is 0.251. The Balaban J connectivity index is 2.92. The number of amidine groups is 1. The van der Waals surface area contributed by atoms with Gasteiger partial charge in [-0.1, -0.05) is 25.1 Å². The molecule has 0 radical (unpaired) electrons. The first-order valence-corrected chi connectivity index (χ1v) is 6.58. The second kappa shape index (κ2) is 7.49. The second-order valence-electron chi connectivity index (χ2n) is 5.02. The predicted octanol–water partition coefficient (Wildman–Crippen LogP) is 0.389. The highest BCUT2D eigenvalue weighted by Gasteiger charge is 2.18. The van der Waals surface area contributed by atoms with E-state index in [0.29, 0.717) is 17.9 Å². The van der Waals surface area contributed by atoms with Crippen molar-refractivity contribution in [3.63, 3.8) is 0 Å². The SMILES string of the molecule is COc1ccc(CNC(C(N)=O)C(C)C)cc1/C(N)=N/O. The number of nitrogens with two attached hydrogens (primary N) is 2. The van der Waals surface area contributed by atoms with Gasteiger partial charge in [0.15, 0.2) is 5.84 Å². The number of benzene rings is 1. The number of carbonyl (C=O) groups excluding carboxylic acids is 1. The molecule has 1 aromatic rings. The minimum atomic E-state index is -0.417. The first kappa shape index (κ1) is 16.8. The van der Waals surface area contributed by atoms with Gasteiger partial charge in [0.25, 0.3) is 0 Å². The van der Waals surface area contributed by atoms with Crippen molar-refractivity contribution in [3.05, 3.63) is 29.3 Å². The van der Waals surface area contributed by atoms with Crippen LogP contribution >= 0.6 is 0 Å². The Morgan fingerprint density at radius 2 is 2.10 bits per heavy atom. The zero-order valence-corrected chi connectivity index (χ0v) is 12.5. The van der Waals surface area contributed by atoms with Crippen molar-refractivity contribution in [1.82, 2.24) is 5.32 Å². The van der Waals surface area contributed by atoms with Crippen LogP contribution in [0.3, 0.4) is 0 Å². The molecule has 6 N–H and O–H groups in total. The number of methoxy groups -OCH3 is 1. The maximum absolute atomic E-state index is 11.4.